The fourth-order valence-electron chi connectivity index (χ4n) is 2.91. The third-order valence-electron chi connectivity index (χ3n) is 4.06. The van der Waals surface area contributed by atoms with E-state index in [2.05, 4.69) is 24.1 Å². The Hall–Kier alpha value is -1.17. The first-order valence-corrected chi connectivity index (χ1v) is 8.37. The van der Waals surface area contributed by atoms with Crippen LogP contribution < -0.4 is 5.32 Å². The van der Waals surface area contributed by atoms with E-state index in [9.17, 15) is 14.3 Å². The van der Waals surface area contributed by atoms with Gasteiger partial charge in [-0.15, -0.1) is 0 Å². The molecule has 0 aromatic heterocycles. The smallest absolute Gasteiger partial charge is 0.224 e. The van der Waals surface area contributed by atoms with Gasteiger partial charge < -0.3 is 15.3 Å². The number of amides is 1. The van der Waals surface area contributed by atoms with Crippen LogP contribution in [0.25, 0.3) is 0 Å². The van der Waals surface area contributed by atoms with Crippen molar-refractivity contribution in [2.24, 2.45) is 11.8 Å². The number of rotatable bonds is 6. The molecule has 1 aromatic carbocycles. The van der Waals surface area contributed by atoms with E-state index in [1.807, 2.05) is 0 Å². The van der Waals surface area contributed by atoms with E-state index in [1.54, 1.807) is 6.07 Å². The van der Waals surface area contributed by atoms with Gasteiger partial charge in [0.25, 0.3) is 0 Å². The highest BCUT2D eigenvalue weighted by Crippen LogP contribution is 2.21. The van der Waals surface area contributed by atoms with E-state index in [1.165, 1.54) is 12.1 Å². The average molecular weight is 343 g/mol. The standard InChI is InChI=1S/C17H24ClFN2O2/c1-11(2)9-21-6-5-13(10-21)17(23)20-8-16(22)12-3-4-14(18)15(19)7-12/h3-4,7,11,13,16,22H,5-6,8-10H2,1-2H3,(H,20,23). The van der Waals surface area contributed by atoms with Gasteiger partial charge in [0, 0.05) is 19.6 Å². The Labute approximate surface area is 141 Å². The van der Waals surface area contributed by atoms with Crippen LogP contribution in [0.2, 0.25) is 5.02 Å². The quantitative estimate of drug-likeness (QED) is 0.835. The Morgan fingerprint density at radius 3 is 2.91 bits per heavy atom. The minimum Gasteiger partial charge on any atom is -0.387 e. The summed E-state index contributed by atoms with van der Waals surface area (Å²) >= 11 is 5.62. The van der Waals surface area contributed by atoms with Crippen LogP contribution in [0, 0.1) is 17.7 Å². The van der Waals surface area contributed by atoms with Crippen molar-refractivity contribution >= 4 is 17.5 Å². The molecule has 1 fully saturated rings. The second-order valence-electron chi connectivity index (χ2n) is 6.57. The van der Waals surface area contributed by atoms with E-state index in [0.29, 0.717) is 11.5 Å². The van der Waals surface area contributed by atoms with Crippen molar-refractivity contribution in [3.63, 3.8) is 0 Å². The van der Waals surface area contributed by atoms with Gasteiger partial charge in [0.1, 0.15) is 5.82 Å². The highest BCUT2D eigenvalue weighted by Gasteiger charge is 2.28. The van der Waals surface area contributed by atoms with E-state index in [4.69, 9.17) is 11.6 Å². The van der Waals surface area contributed by atoms with E-state index < -0.39 is 11.9 Å². The molecule has 6 heteroatoms. The first-order chi connectivity index (χ1) is 10.9. The molecule has 0 bridgehead atoms. The molecule has 1 heterocycles. The van der Waals surface area contributed by atoms with E-state index in [0.717, 1.165) is 26.1 Å². The van der Waals surface area contributed by atoms with Crippen molar-refractivity contribution in [3.8, 4) is 0 Å². The van der Waals surface area contributed by atoms with Gasteiger partial charge in [-0.2, -0.15) is 0 Å². The minimum absolute atomic E-state index is 0.0150. The SMILES string of the molecule is CC(C)CN1CCC(C(=O)NCC(O)c2ccc(Cl)c(F)c2)C1. The fourth-order valence-corrected chi connectivity index (χ4v) is 3.03. The highest BCUT2D eigenvalue weighted by atomic mass is 35.5. The van der Waals surface area contributed by atoms with Crippen LogP contribution in [0.3, 0.4) is 0 Å². The van der Waals surface area contributed by atoms with Crippen LogP contribution >= 0.6 is 11.6 Å². The molecule has 1 aliphatic heterocycles. The lowest BCUT2D eigenvalue weighted by atomic mass is 10.1. The zero-order chi connectivity index (χ0) is 17.0. The second-order valence-corrected chi connectivity index (χ2v) is 6.98. The molecule has 128 valence electrons. The van der Waals surface area contributed by atoms with Crippen LogP contribution in [-0.4, -0.2) is 42.1 Å². The molecule has 4 nitrogen and oxygen atoms in total. The highest BCUT2D eigenvalue weighted by molar-refractivity contribution is 6.30. The molecule has 1 amide bonds. The number of hydrogen-bond acceptors (Lipinski definition) is 3. The molecule has 1 aliphatic rings. The average Bonchev–Trinajstić information content (AvgIpc) is 2.95. The number of aliphatic hydroxyl groups is 1. The predicted molar refractivity (Wildman–Crippen MR) is 88.8 cm³/mol. The Bertz CT molecular complexity index is 553. The fraction of sp³-hybridized carbons (Fsp3) is 0.588. The first kappa shape index (κ1) is 18.2. The van der Waals surface area contributed by atoms with Crippen LogP contribution in [0.1, 0.15) is 31.9 Å². The van der Waals surface area contributed by atoms with Crippen LogP contribution in [0.5, 0.6) is 0 Å². The number of nitrogens with zero attached hydrogens (tertiary/aromatic N) is 1. The molecule has 2 rings (SSSR count). The third-order valence-corrected chi connectivity index (χ3v) is 4.37. The molecular formula is C17H24ClFN2O2. The first-order valence-electron chi connectivity index (χ1n) is 8.00. The molecule has 0 spiro atoms. The molecule has 2 unspecified atom stereocenters. The van der Waals surface area contributed by atoms with E-state index in [-0.39, 0.29) is 23.4 Å². The number of halogens is 2. The summed E-state index contributed by atoms with van der Waals surface area (Å²) in [4.78, 5) is 14.5. The molecule has 1 saturated heterocycles. The van der Waals surface area contributed by atoms with Gasteiger partial charge in [-0.1, -0.05) is 31.5 Å². The van der Waals surface area contributed by atoms with Crippen LogP contribution in [0.4, 0.5) is 4.39 Å². The maximum Gasteiger partial charge on any atom is 0.224 e. The Morgan fingerprint density at radius 2 is 2.26 bits per heavy atom. The summed E-state index contributed by atoms with van der Waals surface area (Å²) in [5, 5.41) is 12.8. The van der Waals surface area contributed by atoms with Crippen molar-refractivity contribution in [1.82, 2.24) is 10.2 Å². The van der Waals surface area contributed by atoms with Gasteiger partial charge in [0.2, 0.25) is 5.91 Å². The number of benzene rings is 1. The van der Waals surface area contributed by atoms with Gasteiger partial charge in [-0.25, -0.2) is 4.39 Å². The van der Waals surface area contributed by atoms with Gasteiger partial charge in [-0.05, 0) is 36.6 Å². The molecule has 0 radical (unpaired) electrons. The Kier molecular flexibility index (Phi) is 6.39. The second kappa shape index (κ2) is 8.08. The zero-order valence-corrected chi connectivity index (χ0v) is 14.3. The Morgan fingerprint density at radius 1 is 1.52 bits per heavy atom. The van der Waals surface area contributed by atoms with Crippen molar-refractivity contribution in [2.45, 2.75) is 26.4 Å². The minimum atomic E-state index is -0.945. The molecule has 2 atom stereocenters. The topological polar surface area (TPSA) is 52.6 Å². The van der Waals surface area contributed by atoms with Gasteiger partial charge in [0.15, 0.2) is 0 Å². The Balaban J connectivity index is 1.81. The monoisotopic (exact) mass is 342 g/mol. The molecule has 2 N–H and O–H groups in total. The normalized spacial score (nSPS) is 20.0. The number of likely N-dealkylation sites (tertiary alicyclic amines) is 1. The lowest BCUT2D eigenvalue weighted by Crippen LogP contribution is -2.35. The number of aliphatic hydroxyl groups excluding tert-OH is 1. The molecule has 23 heavy (non-hydrogen) atoms. The summed E-state index contributed by atoms with van der Waals surface area (Å²) < 4.78 is 13.4. The maximum atomic E-state index is 13.4. The maximum absolute atomic E-state index is 13.4. The van der Waals surface area contributed by atoms with Crippen LogP contribution in [-0.2, 0) is 4.79 Å². The third kappa shape index (κ3) is 5.16. The summed E-state index contributed by atoms with van der Waals surface area (Å²) in [5.74, 6) is -0.0826. The van der Waals surface area contributed by atoms with Gasteiger partial charge in [-0.3, -0.25) is 4.79 Å². The summed E-state index contributed by atoms with van der Waals surface area (Å²) in [7, 11) is 0. The van der Waals surface area contributed by atoms with Crippen molar-refractivity contribution in [1.29, 1.82) is 0 Å². The van der Waals surface area contributed by atoms with Gasteiger partial charge in [0.05, 0.1) is 17.0 Å². The summed E-state index contributed by atoms with van der Waals surface area (Å²) in [6, 6.07) is 4.15. The largest absolute Gasteiger partial charge is 0.387 e. The number of carbonyl (C=O) groups excluding carboxylic acids is 1. The number of hydrogen-bond donors (Lipinski definition) is 2. The van der Waals surface area contributed by atoms with Crippen molar-refractivity contribution in [3.05, 3.63) is 34.6 Å². The summed E-state index contributed by atoms with van der Waals surface area (Å²) in [6.07, 6.45) is -0.108. The molecule has 0 aliphatic carbocycles. The lowest BCUT2D eigenvalue weighted by molar-refractivity contribution is -0.125. The molecule has 0 saturated carbocycles. The number of carbonyl (C=O) groups is 1. The van der Waals surface area contributed by atoms with Gasteiger partial charge >= 0.3 is 0 Å². The molecule has 1 aromatic rings. The number of nitrogens with one attached hydrogen (secondary N) is 1. The van der Waals surface area contributed by atoms with Crippen molar-refractivity contribution in [2.75, 3.05) is 26.2 Å². The lowest BCUT2D eigenvalue weighted by Gasteiger charge is -2.18. The van der Waals surface area contributed by atoms with Crippen molar-refractivity contribution < 1.29 is 14.3 Å². The summed E-state index contributed by atoms with van der Waals surface area (Å²) in [5.41, 5.74) is 0.403. The zero-order valence-electron chi connectivity index (χ0n) is 13.6. The van der Waals surface area contributed by atoms with Crippen LogP contribution in [0.15, 0.2) is 18.2 Å². The van der Waals surface area contributed by atoms with E-state index >= 15 is 0 Å². The predicted octanol–water partition coefficient (Wildman–Crippen LogP) is 2.61. The molecular weight excluding hydrogens is 319 g/mol. The summed E-state index contributed by atoms with van der Waals surface area (Å²) in [6.45, 7) is 7.08.